The van der Waals surface area contributed by atoms with Crippen molar-refractivity contribution in [1.82, 2.24) is 14.8 Å². The highest BCUT2D eigenvalue weighted by Crippen LogP contribution is 2.23. The third-order valence-corrected chi connectivity index (χ3v) is 3.63. The Balaban J connectivity index is 2.20. The smallest absolute Gasteiger partial charge is 0.317 e. The molecule has 0 aliphatic rings. The van der Waals surface area contributed by atoms with Crippen LogP contribution in [0.2, 0.25) is 0 Å². The first kappa shape index (κ1) is 15.5. The summed E-state index contributed by atoms with van der Waals surface area (Å²) >= 11 is 0. The topological polar surface area (TPSA) is 59.6 Å². The molecule has 5 nitrogen and oxygen atoms in total. The number of H-pyrrole nitrogens is 1. The van der Waals surface area contributed by atoms with E-state index in [1.807, 2.05) is 44.1 Å². The van der Waals surface area contributed by atoms with Crippen molar-refractivity contribution in [2.45, 2.75) is 13.5 Å². The number of aromatic nitrogens is 1. The Labute approximate surface area is 125 Å². The summed E-state index contributed by atoms with van der Waals surface area (Å²) in [5, 5.41) is 10.3. The molecule has 5 heteroatoms. The summed E-state index contributed by atoms with van der Waals surface area (Å²) in [6, 6.07) is 8.15. The average molecular weight is 289 g/mol. The zero-order valence-electron chi connectivity index (χ0n) is 12.9. The number of likely N-dealkylation sites (N-methyl/N-ethyl adjacent to an activating group) is 1. The van der Waals surface area contributed by atoms with Gasteiger partial charge in [0.25, 0.3) is 0 Å². The predicted octanol–water partition coefficient (Wildman–Crippen LogP) is 1.92. The summed E-state index contributed by atoms with van der Waals surface area (Å²) in [4.78, 5) is 18.5. The highest BCUT2D eigenvalue weighted by Gasteiger charge is 2.15. The van der Waals surface area contributed by atoms with Crippen LogP contribution in [0, 0.1) is 6.92 Å². The molecule has 2 rings (SSSR count). The van der Waals surface area contributed by atoms with Gasteiger partial charge < -0.3 is 15.0 Å². The molecule has 2 aromatic rings. The van der Waals surface area contributed by atoms with Crippen molar-refractivity contribution in [3.63, 3.8) is 0 Å². The minimum Gasteiger partial charge on any atom is -0.480 e. The Morgan fingerprint density at radius 2 is 1.95 bits per heavy atom. The van der Waals surface area contributed by atoms with E-state index < -0.39 is 5.97 Å². The Morgan fingerprint density at radius 3 is 2.62 bits per heavy atom. The van der Waals surface area contributed by atoms with E-state index >= 15 is 0 Å². The summed E-state index contributed by atoms with van der Waals surface area (Å²) in [6.45, 7) is 4.33. The van der Waals surface area contributed by atoms with Gasteiger partial charge in [0, 0.05) is 36.2 Å². The van der Waals surface area contributed by atoms with E-state index in [1.54, 1.807) is 0 Å². The minimum absolute atomic E-state index is 0.0623. The normalized spacial score (nSPS) is 11.7. The number of aromatic amines is 1. The first-order valence-electron chi connectivity index (χ1n) is 7.12. The van der Waals surface area contributed by atoms with Crippen LogP contribution in [0.3, 0.4) is 0 Å². The number of fused-ring (bicyclic) bond motifs is 1. The number of carboxylic acids is 1. The molecule has 0 spiro atoms. The Morgan fingerprint density at radius 1 is 1.24 bits per heavy atom. The summed E-state index contributed by atoms with van der Waals surface area (Å²) in [7, 11) is 3.99. The molecule has 0 amide bonds. The fraction of sp³-hybridized carbons (Fsp3) is 0.438. The molecule has 0 radical (unpaired) electrons. The third-order valence-electron chi connectivity index (χ3n) is 3.63. The number of aryl methyl sites for hydroxylation is 1. The van der Waals surface area contributed by atoms with Crippen molar-refractivity contribution in [3.8, 4) is 0 Å². The summed E-state index contributed by atoms with van der Waals surface area (Å²) in [5.74, 6) is -0.786. The Kier molecular flexibility index (Phi) is 4.98. The molecule has 0 saturated heterocycles. The van der Waals surface area contributed by atoms with Crippen LogP contribution >= 0.6 is 0 Å². The first-order valence-corrected chi connectivity index (χ1v) is 7.12. The molecule has 0 unspecified atom stereocenters. The second kappa shape index (κ2) is 6.74. The molecule has 0 fully saturated rings. The third kappa shape index (κ3) is 4.06. The van der Waals surface area contributed by atoms with Gasteiger partial charge in [0.2, 0.25) is 0 Å². The number of para-hydroxylation sites is 1. The highest BCUT2D eigenvalue weighted by atomic mass is 16.4. The van der Waals surface area contributed by atoms with Crippen LogP contribution in [-0.4, -0.2) is 59.6 Å². The summed E-state index contributed by atoms with van der Waals surface area (Å²) < 4.78 is 0. The zero-order valence-corrected chi connectivity index (χ0v) is 12.9. The molecule has 0 bridgehead atoms. The second-order valence-corrected chi connectivity index (χ2v) is 5.68. The van der Waals surface area contributed by atoms with Gasteiger partial charge in [-0.3, -0.25) is 9.69 Å². The van der Waals surface area contributed by atoms with Gasteiger partial charge in [-0.25, -0.2) is 0 Å². The number of aliphatic carboxylic acids is 1. The van der Waals surface area contributed by atoms with Crippen LogP contribution in [0.4, 0.5) is 0 Å². The van der Waals surface area contributed by atoms with Crippen molar-refractivity contribution in [2.75, 3.05) is 33.7 Å². The van der Waals surface area contributed by atoms with Gasteiger partial charge in [0.15, 0.2) is 0 Å². The van der Waals surface area contributed by atoms with Gasteiger partial charge in [-0.2, -0.15) is 0 Å². The van der Waals surface area contributed by atoms with Crippen LogP contribution in [0.15, 0.2) is 24.3 Å². The van der Waals surface area contributed by atoms with Gasteiger partial charge >= 0.3 is 5.97 Å². The summed E-state index contributed by atoms with van der Waals surface area (Å²) in [6.07, 6.45) is 0. The van der Waals surface area contributed by atoms with Crippen LogP contribution in [0.25, 0.3) is 10.9 Å². The van der Waals surface area contributed by atoms with E-state index in [0.29, 0.717) is 6.54 Å². The summed E-state index contributed by atoms with van der Waals surface area (Å²) in [5.41, 5.74) is 3.40. The molecule has 114 valence electrons. The van der Waals surface area contributed by atoms with E-state index in [-0.39, 0.29) is 6.54 Å². The Bertz CT molecular complexity index is 619. The van der Waals surface area contributed by atoms with Crippen LogP contribution in [-0.2, 0) is 11.3 Å². The zero-order chi connectivity index (χ0) is 15.4. The van der Waals surface area contributed by atoms with E-state index in [2.05, 4.69) is 16.0 Å². The van der Waals surface area contributed by atoms with Gasteiger partial charge in [0.1, 0.15) is 0 Å². The minimum atomic E-state index is -0.786. The number of carboxylic acid groups (broad SMARTS) is 1. The van der Waals surface area contributed by atoms with Gasteiger partial charge in [-0.15, -0.1) is 0 Å². The van der Waals surface area contributed by atoms with E-state index in [9.17, 15) is 4.79 Å². The quantitative estimate of drug-likeness (QED) is 0.817. The number of hydrogen-bond acceptors (Lipinski definition) is 3. The van der Waals surface area contributed by atoms with Crippen LogP contribution in [0.5, 0.6) is 0 Å². The Hall–Kier alpha value is -1.85. The fourth-order valence-electron chi connectivity index (χ4n) is 2.51. The van der Waals surface area contributed by atoms with Gasteiger partial charge in [0.05, 0.1) is 6.54 Å². The number of nitrogens with zero attached hydrogens (tertiary/aromatic N) is 2. The fourth-order valence-corrected chi connectivity index (χ4v) is 2.51. The van der Waals surface area contributed by atoms with Crippen molar-refractivity contribution < 1.29 is 9.90 Å². The van der Waals surface area contributed by atoms with Crippen molar-refractivity contribution >= 4 is 16.9 Å². The van der Waals surface area contributed by atoms with Gasteiger partial charge in [-0.1, -0.05) is 18.2 Å². The second-order valence-electron chi connectivity index (χ2n) is 5.68. The molecule has 1 aromatic heterocycles. The maximum atomic E-state index is 11.1. The molecule has 1 heterocycles. The number of nitrogens with one attached hydrogen (secondary N) is 1. The van der Waals surface area contributed by atoms with E-state index in [0.717, 1.165) is 24.3 Å². The first-order chi connectivity index (χ1) is 9.97. The lowest BCUT2D eigenvalue weighted by Gasteiger charge is -2.22. The maximum absolute atomic E-state index is 11.1. The SMILES string of the molecule is Cc1[nH]c2ccccc2c1CN(CCN(C)C)CC(=O)O. The van der Waals surface area contributed by atoms with Crippen molar-refractivity contribution in [1.29, 1.82) is 0 Å². The lowest BCUT2D eigenvalue weighted by Crippen LogP contribution is -2.35. The average Bonchev–Trinajstić information content (AvgIpc) is 2.72. The van der Waals surface area contributed by atoms with Gasteiger partial charge in [-0.05, 0) is 32.6 Å². The molecule has 0 saturated carbocycles. The largest absolute Gasteiger partial charge is 0.480 e. The van der Waals surface area contributed by atoms with E-state index in [4.69, 9.17) is 5.11 Å². The number of benzene rings is 1. The lowest BCUT2D eigenvalue weighted by atomic mass is 10.1. The molecule has 21 heavy (non-hydrogen) atoms. The maximum Gasteiger partial charge on any atom is 0.317 e. The molecular formula is C16H23N3O2. The highest BCUT2D eigenvalue weighted by molar-refractivity contribution is 5.84. The number of hydrogen-bond donors (Lipinski definition) is 2. The standard InChI is InChI=1S/C16H23N3O2/c1-12-14(13-6-4-5-7-15(13)17-12)10-19(11-16(20)21)9-8-18(2)3/h4-7,17H,8-11H2,1-3H3,(H,20,21). The molecular weight excluding hydrogens is 266 g/mol. The van der Waals surface area contributed by atoms with Crippen LogP contribution < -0.4 is 0 Å². The molecule has 1 aromatic carbocycles. The van der Waals surface area contributed by atoms with Crippen molar-refractivity contribution in [3.05, 3.63) is 35.5 Å². The van der Waals surface area contributed by atoms with E-state index in [1.165, 1.54) is 10.9 Å². The molecule has 0 atom stereocenters. The molecule has 0 aliphatic carbocycles. The lowest BCUT2D eigenvalue weighted by molar-refractivity contribution is -0.138. The number of rotatable bonds is 7. The monoisotopic (exact) mass is 289 g/mol. The molecule has 2 N–H and O–H groups in total. The van der Waals surface area contributed by atoms with Crippen molar-refractivity contribution in [2.24, 2.45) is 0 Å². The molecule has 0 aliphatic heterocycles. The number of carbonyl (C=O) groups is 1. The van der Waals surface area contributed by atoms with Crippen LogP contribution in [0.1, 0.15) is 11.3 Å². The predicted molar refractivity (Wildman–Crippen MR) is 84.5 cm³/mol.